The highest BCUT2D eigenvalue weighted by molar-refractivity contribution is 9.10. The van der Waals surface area contributed by atoms with E-state index in [1.807, 2.05) is 24.3 Å². The van der Waals surface area contributed by atoms with E-state index in [0.29, 0.717) is 16.7 Å². The molecule has 0 spiro atoms. The fourth-order valence-corrected chi connectivity index (χ4v) is 2.76. The highest BCUT2D eigenvalue weighted by Gasteiger charge is 2.12. The Morgan fingerprint density at radius 2 is 1.76 bits per heavy atom. The zero-order chi connectivity index (χ0) is 15.4. The van der Waals surface area contributed by atoms with Crippen molar-refractivity contribution in [1.82, 2.24) is 0 Å². The first-order valence-electron chi connectivity index (χ1n) is 6.65. The van der Waals surface area contributed by atoms with Crippen molar-refractivity contribution >= 4 is 39.1 Å². The molecule has 0 aliphatic carbocycles. The normalized spacial score (nSPS) is 12.2. The van der Waals surface area contributed by atoms with E-state index in [0.717, 1.165) is 27.8 Å². The summed E-state index contributed by atoms with van der Waals surface area (Å²) in [5, 5.41) is 1.03. The van der Waals surface area contributed by atoms with Crippen LogP contribution < -0.4 is 10.5 Å². The number of hydrogen-bond donors (Lipinski definition) is 1. The Kier molecular flexibility index (Phi) is 5.94. The molecular weight excluding hydrogens is 373 g/mol. The molecule has 0 aliphatic rings. The van der Waals surface area contributed by atoms with Crippen molar-refractivity contribution in [3.05, 3.63) is 62.0 Å². The molecular formula is C16H16BrCl2NO. The van der Waals surface area contributed by atoms with Gasteiger partial charge in [-0.3, -0.25) is 0 Å². The van der Waals surface area contributed by atoms with Crippen molar-refractivity contribution in [2.45, 2.75) is 19.4 Å². The van der Waals surface area contributed by atoms with Crippen LogP contribution in [-0.4, -0.2) is 6.61 Å². The van der Waals surface area contributed by atoms with Crippen molar-refractivity contribution in [2.24, 2.45) is 5.73 Å². The number of halogens is 3. The monoisotopic (exact) mass is 387 g/mol. The minimum absolute atomic E-state index is 0.267. The second-order valence-corrected chi connectivity index (χ2v) is 6.36. The van der Waals surface area contributed by atoms with Crippen LogP contribution in [0.1, 0.15) is 30.5 Å². The van der Waals surface area contributed by atoms with Gasteiger partial charge in [0.1, 0.15) is 5.75 Å². The summed E-state index contributed by atoms with van der Waals surface area (Å²) in [5.41, 5.74) is 8.18. The van der Waals surface area contributed by atoms with Crippen LogP contribution in [0.4, 0.5) is 0 Å². The second kappa shape index (κ2) is 7.50. The lowest BCUT2D eigenvalue weighted by atomic mass is 10.00. The number of rotatable bonds is 5. The Bertz CT molecular complexity index is 634. The molecule has 2 N–H and O–H groups in total. The van der Waals surface area contributed by atoms with E-state index in [4.69, 9.17) is 33.7 Å². The van der Waals surface area contributed by atoms with Crippen molar-refractivity contribution in [2.75, 3.05) is 6.61 Å². The van der Waals surface area contributed by atoms with Gasteiger partial charge in [-0.2, -0.15) is 0 Å². The van der Waals surface area contributed by atoms with Gasteiger partial charge in [0.05, 0.1) is 27.2 Å². The van der Waals surface area contributed by atoms with Crippen LogP contribution in [0.15, 0.2) is 40.9 Å². The predicted octanol–water partition coefficient (Wildman–Crippen LogP) is 5.59. The van der Waals surface area contributed by atoms with E-state index < -0.39 is 0 Å². The molecule has 2 rings (SSSR count). The van der Waals surface area contributed by atoms with Crippen LogP contribution in [0.3, 0.4) is 0 Å². The van der Waals surface area contributed by atoms with Crippen LogP contribution in [-0.2, 0) is 0 Å². The molecule has 1 atom stereocenters. The van der Waals surface area contributed by atoms with Crippen LogP contribution >= 0.6 is 39.1 Å². The Hall–Kier alpha value is -0.740. The van der Waals surface area contributed by atoms with E-state index in [2.05, 4.69) is 22.9 Å². The second-order valence-electron chi connectivity index (χ2n) is 4.69. The van der Waals surface area contributed by atoms with Crippen molar-refractivity contribution in [3.8, 4) is 5.75 Å². The summed E-state index contributed by atoms with van der Waals surface area (Å²) in [6.07, 6.45) is 0.969. The molecule has 0 aliphatic heterocycles. The largest absolute Gasteiger partial charge is 0.492 e. The van der Waals surface area contributed by atoms with Gasteiger partial charge < -0.3 is 10.5 Å². The summed E-state index contributed by atoms with van der Waals surface area (Å²) in [6.45, 7) is 2.76. The smallest absolute Gasteiger partial charge is 0.133 e. The molecule has 2 aromatic rings. The maximum Gasteiger partial charge on any atom is 0.133 e. The van der Waals surface area contributed by atoms with Crippen LogP contribution in [0, 0.1) is 0 Å². The number of hydrogen-bond acceptors (Lipinski definition) is 2. The van der Waals surface area contributed by atoms with E-state index in [1.54, 1.807) is 12.1 Å². The molecule has 2 aromatic carbocycles. The minimum Gasteiger partial charge on any atom is -0.492 e. The van der Waals surface area contributed by atoms with Crippen LogP contribution in [0.25, 0.3) is 0 Å². The zero-order valence-corrected chi connectivity index (χ0v) is 14.7. The average Bonchev–Trinajstić information content (AvgIpc) is 2.48. The highest BCUT2D eigenvalue weighted by atomic mass is 79.9. The van der Waals surface area contributed by atoms with Crippen LogP contribution in [0.2, 0.25) is 10.0 Å². The van der Waals surface area contributed by atoms with E-state index >= 15 is 0 Å². The number of benzene rings is 2. The SMILES string of the molecule is CCCOc1ccc(C(N)c2ccc(Cl)c(Cl)c2)cc1Br. The van der Waals surface area contributed by atoms with Gasteiger partial charge in [0.15, 0.2) is 0 Å². The van der Waals surface area contributed by atoms with Gasteiger partial charge in [0.25, 0.3) is 0 Å². The van der Waals surface area contributed by atoms with Gasteiger partial charge in [-0.05, 0) is 57.7 Å². The highest BCUT2D eigenvalue weighted by Crippen LogP contribution is 2.32. The topological polar surface area (TPSA) is 35.2 Å². The molecule has 0 saturated heterocycles. The summed E-state index contributed by atoms with van der Waals surface area (Å²) in [7, 11) is 0. The number of ether oxygens (including phenoxy) is 1. The van der Waals surface area contributed by atoms with Crippen molar-refractivity contribution < 1.29 is 4.74 Å². The van der Waals surface area contributed by atoms with Gasteiger partial charge in [-0.25, -0.2) is 0 Å². The van der Waals surface area contributed by atoms with Gasteiger partial charge in [-0.15, -0.1) is 0 Å². The quantitative estimate of drug-likeness (QED) is 0.724. The summed E-state index contributed by atoms with van der Waals surface area (Å²) < 4.78 is 6.53. The van der Waals surface area contributed by atoms with E-state index in [-0.39, 0.29) is 6.04 Å². The van der Waals surface area contributed by atoms with Gasteiger partial charge in [-0.1, -0.05) is 42.3 Å². The molecule has 2 nitrogen and oxygen atoms in total. The lowest BCUT2D eigenvalue weighted by molar-refractivity contribution is 0.315. The van der Waals surface area contributed by atoms with Crippen molar-refractivity contribution in [1.29, 1.82) is 0 Å². The molecule has 0 saturated carbocycles. The Labute approximate surface area is 143 Å². The molecule has 0 heterocycles. The van der Waals surface area contributed by atoms with Gasteiger partial charge in [0, 0.05) is 0 Å². The minimum atomic E-state index is -0.267. The zero-order valence-electron chi connectivity index (χ0n) is 11.6. The molecule has 5 heteroatoms. The molecule has 0 bridgehead atoms. The number of nitrogens with two attached hydrogens (primary N) is 1. The van der Waals surface area contributed by atoms with Crippen molar-refractivity contribution in [3.63, 3.8) is 0 Å². The summed E-state index contributed by atoms with van der Waals surface area (Å²) in [5.74, 6) is 0.821. The Balaban J connectivity index is 2.24. The lowest BCUT2D eigenvalue weighted by Gasteiger charge is -2.15. The summed E-state index contributed by atoms with van der Waals surface area (Å²) in [6, 6.07) is 11.0. The fourth-order valence-electron chi connectivity index (χ4n) is 1.94. The van der Waals surface area contributed by atoms with Gasteiger partial charge >= 0.3 is 0 Å². The summed E-state index contributed by atoms with van der Waals surface area (Å²) in [4.78, 5) is 0. The third-order valence-corrected chi connectivity index (χ3v) is 4.44. The fraction of sp³-hybridized carbons (Fsp3) is 0.250. The first kappa shape index (κ1) is 16.6. The predicted molar refractivity (Wildman–Crippen MR) is 92.4 cm³/mol. The molecule has 21 heavy (non-hydrogen) atoms. The molecule has 1 unspecified atom stereocenters. The standard InChI is InChI=1S/C16H16BrCl2NO/c1-2-7-21-15-6-4-10(8-12(15)17)16(20)11-3-5-13(18)14(19)9-11/h3-6,8-9,16H,2,7,20H2,1H3. The molecule has 0 radical (unpaired) electrons. The lowest BCUT2D eigenvalue weighted by Crippen LogP contribution is -2.12. The molecule has 112 valence electrons. The van der Waals surface area contributed by atoms with E-state index in [9.17, 15) is 0 Å². The Morgan fingerprint density at radius 1 is 1.10 bits per heavy atom. The van der Waals surface area contributed by atoms with E-state index in [1.165, 1.54) is 0 Å². The molecule has 0 aromatic heterocycles. The molecule has 0 fully saturated rings. The van der Waals surface area contributed by atoms with Crippen LogP contribution in [0.5, 0.6) is 5.75 Å². The first-order chi connectivity index (χ1) is 10.0. The first-order valence-corrected chi connectivity index (χ1v) is 8.20. The maximum atomic E-state index is 6.29. The third-order valence-electron chi connectivity index (χ3n) is 3.08. The molecule has 0 amide bonds. The Morgan fingerprint density at radius 3 is 2.38 bits per heavy atom. The third kappa shape index (κ3) is 4.13. The van der Waals surface area contributed by atoms with Gasteiger partial charge in [0.2, 0.25) is 0 Å². The average molecular weight is 389 g/mol. The summed E-state index contributed by atoms with van der Waals surface area (Å²) >= 11 is 15.5. The maximum absolute atomic E-state index is 6.29.